The van der Waals surface area contributed by atoms with Crippen LogP contribution in [0.5, 0.6) is 0 Å². The van der Waals surface area contributed by atoms with Crippen molar-refractivity contribution in [3.8, 4) is 0 Å². The van der Waals surface area contributed by atoms with Gasteiger partial charge in [-0.2, -0.15) is 5.10 Å². The van der Waals surface area contributed by atoms with Gasteiger partial charge in [-0.25, -0.2) is 4.79 Å². The Morgan fingerprint density at radius 1 is 1.41 bits per heavy atom. The predicted octanol–water partition coefficient (Wildman–Crippen LogP) is -0.556. The molecule has 2 saturated heterocycles. The fourth-order valence-corrected chi connectivity index (χ4v) is 2.79. The summed E-state index contributed by atoms with van der Waals surface area (Å²) in [5.41, 5.74) is 1.13. The van der Waals surface area contributed by atoms with Gasteiger partial charge in [0.15, 0.2) is 0 Å². The Morgan fingerprint density at radius 2 is 2.27 bits per heavy atom. The number of aromatic nitrogens is 2. The Hall–Kier alpha value is -1.93. The number of aryl methyl sites for hydroxylation is 1. The molecule has 1 aromatic heterocycles. The van der Waals surface area contributed by atoms with Crippen molar-refractivity contribution in [2.45, 2.75) is 19.6 Å². The number of nitrogens with one attached hydrogen (secondary N) is 1. The molecule has 1 N–H and O–H groups in total. The van der Waals surface area contributed by atoms with Crippen molar-refractivity contribution in [3.05, 3.63) is 18.0 Å². The molecule has 3 rings (SSSR count). The van der Waals surface area contributed by atoms with Crippen LogP contribution < -0.4 is 5.32 Å². The van der Waals surface area contributed by atoms with Crippen molar-refractivity contribution in [1.29, 1.82) is 0 Å². The van der Waals surface area contributed by atoms with Crippen LogP contribution in [0.1, 0.15) is 5.56 Å². The van der Waals surface area contributed by atoms with Crippen molar-refractivity contribution in [2.75, 3.05) is 39.3 Å². The Balaban J connectivity index is 1.48. The minimum atomic E-state index is -0.290. The molecule has 0 saturated carbocycles. The first-order valence-electron chi connectivity index (χ1n) is 7.53. The lowest BCUT2D eigenvalue weighted by atomic mass is 10.2. The Kier molecular flexibility index (Phi) is 4.39. The normalized spacial score (nSPS) is 23.1. The quantitative estimate of drug-likeness (QED) is 0.738. The number of amides is 3. The van der Waals surface area contributed by atoms with Crippen LogP contribution in [-0.2, 0) is 16.1 Å². The Labute approximate surface area is 129 Å². The van der Waals surface area contributed by atoms with Crippen molar-refractivity contribution >= 4 is 11.9 Å². The molecule has 8 heteroatoms. The van der Waals surface area contributed by atoms with Gasteiger partial charge in [0.1, 0.15) is 0 Å². The first kappa shape index (κ1) is 15.0. The van der Waals surface area contributed by atoms with Gasteiger partial charge in [0.05, 0.1) is 32.0 Å². The van der Waals surface area contributed by atoms with Gasteiger partial charge in [-0.05, 0) is 12.5 Å². The number of morpholine rings is 1. The number of nitrogens with zero attached hydrogens (tertiary/aromatic N) is 4. The topological polar surface area (TPSA) is 79.7 Å². The Bertz CT molecular complexity index is 542. The molecular weight excluding hydrogens is 286 g/mol. The first-order valence-corrected chi connectivity index (χ1v) is 7.53. The molecule has 1 atom stereocenters. The van der Waals surface area contributed by atoms with E-state index in [4.69, 9.17) is 4.74 Å². The third kappa shape index (κ3) is 3.45. The summed E-state index contributed by atoms with van der Waals surface area (Å²) < 4.78 is 7.66. The third-order valence-corrected chi connectivity index (χ3v) is 3.95. The van der Waals surface area contributed by atoms with E-state index in [9.17, 15) is 9.59 Å². The van der Waals surface area contributed by atoms with Crippen LogP contribution in [0.15, 0.2) is 12.4 Å². The number of carbonyl (C=O) groups is 2. The standard InChI is InChI=1S/C14H21N5O3/c1-11-6-16-18(8-11)10-12-9-17(4-5-22-12)2-3-19-13(20)7-15-14(19)21/h6,8,12H,2-5,7,9-10H2,1H3,(H,15,21)/t12-/m1/s1. The summed E-state index contributed by atoms with van der Waals surface area (Å²) in [4.78, 5) is 26.6. The summed E-state index contributed by atoms with van der Waals surface area (Å²) in [5, 5.41) is 6.81. The highest BCUT2D eigenvalue weighted by Gasteiger charge is 2.29. The summed E-state index contributed by atoms with van der Waals surface area (Å²) in [6.45, 7) is 6.20. The fourth-order valence-electron chi connectivity index (χ4n) is 2.79. The number of urea groups is 1. The van der Waals surface area contributed by atoms with Crippen molar-refractivity contribution < 1.29 is 14.3 Å². The van der Waals surface area contributed by atoms with Gasteiger partial charge in [0, 0.05) is 32.4 Å². The molecule has 0 radical (unpaired) electrons. The number of hydrogen-bond acceptors (Lipinski definition) is 5. The maximum atomic E-state index is 11.6. The van der Waals surface area contributed by atoms with Crippen LogP contribution in [0.25, 0.3) is 0 Å². The van der Waals surface area contributed by atoms with Gasteiger partial charge in [0.25, 0.3) is 0 Å². The molecule has 0 aliphatic carbocycles. The molecule has 1 aromatic rings. The Morgan fingerprint density at radius 3 is 2.95 bits per heavy atom. The highest BCUT2D eigenvalue weighted by Crippen LogP contribution is 2.09. The van der Waals surface area contributed by atoms with Crippen molar-refractivity contribution in [3.63, 3.8) is 0 Å². The molecule has 3 heterocycles. The largest absolute Gasteiger partial charge is 0.374 e. The molecule has 3 amide bonds. The summed E-state index contributed by atoms with van der Waals surface area (Å²) in [7, 11) is 0. The molecule has 2 aliphatic rings. The van der Waals surface area contributed by atoms with Crippen LogP contribution in [0.4, 0.5) is 4.79 Å². The van der Waals surface area contributed by atoms with E-state index in [1.807, 2.05) is 24.0 Å². The monoisotopic (exact) mass is 307 g/mol. The number of ether oxygens (including phenoxy) is 1. The van der Waals surface area contributed by atoms with Crippen LogP contribution >= 0.6 is 0 Å². The van der Waals surface area contributed by atoms with Gasteiger partial charge >= 0.3 is 6.03 Å². The number of imide groups is 1. The molecule has 8 nitrogen and oxygen atoms in total. The van der Waals surface area contributed by atoms with Crippen LogP contribution in [0, 0.1) is 6.92 Å². The molecule has 120 valence electrons. The molecule has 0 unspecified atom stereocenters. The van der Waals surface area contributed by atoms with Crippen LogP contribution in [0.3, 0.4) is 0 Å². The zero-order valence-electron chi connectivity index (χ0n) is 12.7. The summed E-state index contributed by atoms with van der Waals surface area (Å²) in [6.07, 6.45) is 3.91. The SMILES string of the molecule is Cc1cnn(C[C@H]2CN(CCN3C(=O)CNC3=O)CCO2)c1. The number of carbonyl (C=O) groups excluding carboxylic acids is 2. The van der Waals surface area contributed by atoms with E-state index in [-0.39, 0.29) is 24.6 Å². The maximum Gasteiger partial charge on any atom is 0.324 e. The third-order valence-electron chi connectivity index (χ3n) is 3.95. The van der Waals surface area contributed by atoms with Crippen molar-refractivity contribution in [1.82, 2.24) is 24.9 Å². The average Bonchev–Trinajstić information content (AvgIpc) is 3.04. The van der Waals surface area contributed by atoms with E-state index in [0.29, 0.717) is 26.2 Å². The summed E-state index contributed by atoms with van der Waals surface area (Å²) in [6, 6.07) is -0.290. The molecule has 22 heavy (non-hydrogen) atoms. The van der Waals surface area contributed by atoms with Gasteiger partial charge in [-0.15, -0.1) is 0 Å². The summed E-state index contributed by atoms with van der Waals surface area (Å²) >= 11 is 0. The fraction of sp³-hybridized carbons (Fsp3) is 0.643. The van der Waals surface area contributed by atoms with E-state index >= 15 is 0 Å². The lowest BCUT2D eigenvalue weighted by molar-refractivity contribution is -0.125. The maximum absolute atomic E-state index is 11.6. The predicted molar refractivity (Wildman–Crippen MR) is 78.3 cm³/mol. The van der Waals surface area contributed by atoms with Gasteiger partial charge < -0.3 is 10.1 Å². The zero-order chi connectivity index (χ0) is 15.5. The second-order valence-corrected chi connectivity index (χ2v) is 5.74. The second-order valence-electron chi connectivity index (χ2n) is 5.74. The smallest absolute Gasteiger partial charge is 0.324 e. The van der Waals surface area contributed by atoms with Crippen LogP contribution in [0.2, 0.25) is 0 Å². The van der Waals surface area contributed by atoms with E-state index in [1.54, 1.807) is 0 Å². The van der Waals surface area contributed by atoms with E-state index in [2.05, 4.69) is 15.3 Å². The minimum absolute atomic E-state index is 0.0798. The molecule has 2 aliphatic heterocycles. The molecule has 0 bridgehead atoms. The number of rotatable bonds is 5. The zero-order valence-corrected chi connectivity index (χ0v) is 12.7. The lowest BCUT2D eigenvalue weighted by Crippen LogP contribution is -2.47. The highest BCUT2D eigenvalue weighted by molar-refractivity contribution is 6.01. The second kappa shape index (κ2) is 6.45. The van der Waals surface area contributed by atoms with Gasteiger partial charge in [0.2, 0.25) is 5.91 Å². The minimum Gasteiger partial charge on any atom is -0.374 e. The molecule has 0 spiro atoms. The van der Waals surface area contributed by atoms with E-state index < -0.39 is 0 Å². The van der Waals surface area contributed by atoms with E-state index in [0.717, 1.165) is 18.7 Å². The molecule has 2 fully saturated rings. The van der Waals surface area contributed by atoms with Crippen LogP contribution in [-0.4, -0.2) is 77.0 Å². The van der Waals surface area contributed by atoms with E-state index in [1.165, 1.54) is 4.90 Å². The first-order chi connectivity index (χ1) is 10.6. The van der Waals surface area contributed by atoms with Gasteiger partial charge in [-0.3, -0.25) is 19.3 Å². The lowest BCUT2D eigenvalue weighted by Gasteiger charge is -2.33. The average molecular weight is 307 g/mol. The number of hydrogen-bond donors (Lipinski definition) is 1. The highest BCUT2D eigenvalue weighted by atomic mass is 16.5. The van der Waals surface area contributed by atoms with Crippen molar-refractivity contribution in [2.24, 2.45) is 0 Å². The summed E-state index contributed by atoms with van der Waals surface area (Å²) in [5.74, 6) is -0.151. The molecule has 0 aromatic carbocycles. The van der Waals surface area contributed by atoms with Gasteiger partial charge in [-0.1, -0.05) is 0 Å². The molecular formula is C14H21N5O3.